The molecule has 0 atom stereocenters. The number of primary sulfonamides is 1. The number of hydrogen-bond acceptors (Lipinski definition) is 2. The minimum atomic E-state index is -4.45. The molecule has 0 aliphatic heterocycles. The van der Waals surface area contributed by atoms with Gasteiger partial charge in [-0.15, -0.1) is 0 Å². The number of rotatable bonds is 3. The molecule has 0 saturated heterocycles. The number of aryl methyl sites for hydroxylation is 1. The molecule has 1 aliphatic carbocycles. The number of sulfonamides is 1. The molecule has 0 aromatic heterocycles. The van der Waals surface area contributed by atoms with Crippen molar-refractivity contribution in [3.8, 4) is 0 Å². The standard InChI is InChI=1S/C18H16BrF2NO2S/c1-10-7-11(5-6-15(10)19)13-3-2-4-14(13)12-8-16(20)18(17(21)9-12)25(22,23)24/h5-9H,2-4H2,1H3,(H2,22,23,24). The summed E-state index contributed by atoms with van der Waals surface area (Å²) in [6.45, 7) is 1.98. The average Bonchev–Trinajstić information content (AvgIpc) is 2.97. The van der Waals surface area contributed by atoms with Gasteiger partial charge in [0.1, 0.15) is 11.6 Å². The van der Waals surface area contributed by atoms with Crippen molar-refractivity contribution >= 4 is 37.1 Å². The summed E-state index contributed by atoms with van der Waals surface area (Å²) in [6.07, 6.45) is 2.36. The van der Waals surface area contributed by atoms with E-state index in [1.54, 1.807) is 0 Å². The van der Waals surface area contributed by atoms with Gasteiger partial charge in [0.05, 0.1) is 0 Å². The van der Waals surface area contributed by atoms with Gasteiger partial charge in [0.15, 0.2) is 4.90 Å². The number of halogens is 3. The van der Waals surface area contributed by atoms with Crippen LogP contribution >= 0.6 is 15.9 Å². The van der Waals surface area contributed by atoms with Gasteiger partial charge in [0.25, 0.3) is 0 Å². The Bertz CT molecular complexity index is 977. The van der Waals surface area contributed by atoms with Gasteiger partial charge in [-0.3, -0.25) is 0 Å². The van der Waals surface area contributed by atoms with Crippen molar-refractivity contribution in [2.75, 3.05) is 0 Å². The van der Waals surface area contributed by atoms with Gasteiger partial charge in [-0.1, -0.05) is 28.1 Å². The van der Waals surface area contributed by atoms with Crippen LogP contribution in [0.1, 0.15) is 36.0 Å². The van der Waals surface area contributed by atoms with E-state index in [0.717, 1.165) is 51.7 Å². The highest BCUT2D eigenvalue weighted by Crippen LogP contribution is 2.41. The molecular formula is C18H16BrF2NO2S. The molecule has 0 bridgehead atoms. The van der Waals surface area contributed by atoms with Gasteiger partial charge in [0.2, 0.25) is 10.0 Å². The Labute approximate surface area is 153 Å². The third kappa shape index (κ3) is 3.54. The first-order valence-electron chi connectivity index (χ1n) is 7.69. The lowest BCUT2D eigenvalue weighted by atomic mass is 9.96. The Morgan fingerprint density at radius 3 is 2.08 bits per heavy atom. The maximum Gasteiger partial charge on any atom is 0.243 e. The van der Waals surface area contributed by atoms with E-state index in [2.05, 4.69) is 15.9 Å². The Balaban J connectivity index is 2.15. The quantitative estimate of drug-likeness (QED) is 0.765. The average molecular weight is 428 g/mol. The van der Waals surface area contributed by atoms with E-state index in [1.165, 1.54) is 0 Å². The van der Waals surface area contributed by atoms with E-state index >= 15 is 0 Å². The first-order valence-corrected chi connectivity index (χ1v) is 10.0. The van der Waals surface area contributed by atoms with Crippen LogP contribution in [0.3, 0.4) is 0 Å². The Morgan fingerprint density at radius 2 is 1.56 bits per heavy atom. The molecule has 7 heteroatoms. The van der Waals surface area contributed by atoms with Gasteiger partial charge >= 0.3 is 0 Å². The molecular weight excluding hydrogens is 412 g/mol. The van der Waals surface area contributed by atoms with Crippen molar-refractivity contribution in [1.29, 1.82) is 0 Å². The van der Waals surface area contributed by atoms with Crippen LogP contribution in [0.4, 0.5) is 8.78 Å². The molecule has 0 heterocycles. The van der Waals surface area contributed by atoms with E-state index in [9.17, 15) is 17.2 Å². The fourth-order valence-electron chi connectivity index (χ4n) is 3.22. The third-order valence-corrected chi connectivity index (χ3v) is 6.20. The summed E-state index contributed by atoms with van der Waals surface area (Å²) in [6, 6.07) is 8.03. The molecule has 1 aliphatic rings. The van der Waals surface area contributed by atoms with Crippen molar-refractivity contribution < 1.29 is 17.2 Å². The molecule has 2 aromatic carbocycles. The molecule has 2 N–H and O–H groups in total. The second-order valence-electron chi connectivity index (χ2n) is 6.09. The van der Waals surface area contributed by atoms with E-state index < -0.39 is 26.6 Å². The first kappa shape index (κ1) is 18.2. The van der Waals surface area contributed by atoms with Gasteiger partial charge in [0, 0.05) is 4.47 Å². The van der Waals surface area contributed by atoms with E-state index in [4.69, 9.17) is 5.14 Å². The highest BCUT2D eigenvalue weighted by Gasteiger charge is 2.24. The first-order chi connectivity index (χ1) is 11.7. The topological polar surface area (TPSA) is 60.2 Å². The zero-order chi connectivity index (χ0) is 18.4. The van der Waals surface area contributed by atoms with Crippen molar-refractivity contribution in [3.63, 3.8) is 0 Å². The lowest BCUT2D eigenvalue weighted by Gasteiger charge is -2.12. The van der Waals surface area contributed by atoms with Crippen molar-refractivity contribution in [2.24, 2.45) is 5.14 Å². The molecule has 0 fully saturated rings. The van der Waals surface area contributed by atoms with Crippen LogP contribution in [0.2, 0.25) is 0 Å². The maximum absolute atomic E-state index is 14.2. The molecule has 3 rings (SSSR count). The smallest absolute Gasteiger partial charge is 0.224 e. The Hall–Kier alpha value is -1.57. The number of hydrogen-bond donors (Lipinski definition) is 1. The lowest BCUT2D eigenvalue weighted by molar-refractivity contribution is 0.519. The summed E-state index contributed by atoms with van der Waals surface area (Å²) in [5.74, 6) is -2.33. The van der Waals surface area contributed by atoms with Crippen LogP contribution < -0.4 is 5.14 Å². The number of nitrogens with two attached hydrogens (primary N) is 1. The zero-order valence-corrected chi connectivity index (χ0v) is 15.8. The fraction of sp³-hybridized carbons (Fsp3) is 0.222. The highest BCUT2D eigenvalue weighted by molar-refractivity contribution is 9.10. The molecule has 0 radical (unpaired) electrons. The Morgan fingerprint density at radius 1 is 1.00 bits per heavy atom. The predicted octanol–water partition coefficient (Wildman–Crippen LogP) is 4.78. The summed E-state index contributed by atoms with van der Waals surface area (Å²) in [5, 5.41) is 4.89. The minimum Gasteiger partial charge on any atom is -0.224 e. The second kappa shape index (κ2) is 6.63. The highest BCUT2D eigenvalue weighted by atomic mass is 79.9. The maximum atomic E-state index is 14.2. The van der Waals surface area contributed by atoms with Gasteiger partial charge in [-0.25, -0.2) is 22.3 Å². The van der Waals surface area contributed by atoms with Crippen molar-refractivity contribution in [1.82, 2.24) is 0 Å². The molecule has 2 aromatic rings. The summed E-state index contributed by atoms with van der Waals surface area (Å²) >= 11 is 3.46. The van der Waals surface area contributed by atoms with Crippen LogP contribution in [-0.2, 0) is 10.0 Å². The third-order valence-electron chi connectivity index (χ3n) is 4.36. The minimum absolute atomic E-state index is 0.357. The summed E-state index contributed by atoms with van der Waals surface area (Å²) in [4.78, 5) is -1.09. The fourth-order valence-corrected chi connectivity index (χ4v) is 4.13. The van der Waals surface area contributed by atoms with Crippen LogP contribution in [0.15, 0.2) is 39.7 Å². The van der Waals surface area contributed by atoms with Crippen LogP contribution in [0.5, 0.6) is 0 Å². The Kier molecular flexibility index (Phi) is 4.83. The van der Waals surface area contributed by atoms with Gasteiger partial charge in [-0.05, 0) is 72.2 Å². The van der Waals surface area contributed by atoms with Crippen LogP contribution in [-0.4, -0.2) is 8.42 Å². The summed E-state index contributed by atoms with van der Waals surface area (Å²) < 4.78 is 52.0. The zero-order valence-electron chi connectivity index (χ0n) is 13.4. The number of allylic oxidation sites excluding steroid dienone is 2. The molecule has 0 unspecified atom stereocenters. The van der Waals surface area contributed by atoms with E-state index in [-0.39, 0.29) is 0 Å². The SMILES string of the molecule is Cc1cc(C2=C(c3cc(F)c(S(N)(=O)=O)c(F)c3)CCC2)ccc1Br. The van der Waals surface area contributed by atoms with Gasteiger partial charge < -0.3 is 0 Å². The molecule has 0 saturated carbocycles. The van der Waals surface area contributed by atoms with Crippen molar-refractivity contribution in [2.45, 2.75) is 31.1 Å². The van der Waals surface area contributed by atoms with E-state index in [0.29, 0.717) is 12.0 Å². The molecule has 132 valence electrons. The predicted molar refractivity (Wildman–Crippen MR) is 97.3 cm³/mol. The van der Waals surface area contributed by atoms with E-state index in [1.807, 2.05) is 25.1 Å². The lowest BCUT2D eigenvalue weighted by Crippen LogP contribution is -2.16. The van der Waals surface area contributed by atoms with Crippen LogP contribution in [0, 0.1) is 18.6 Å². The number of benzene rings is 2. The normalized spacial score (nSPS) is 15.1. The largest absolute Gasteiger partial charge is 0.243 e. The second-order valence-corrected chi connectivity index (χ2v) is 8.44. The summed E-state index contributed by atoms with van der Waals surface area (Å²) in [7, 11) is -4.45. The monoisotopic (exact) mass is 427 g/mol. The molecule has 0 amide bonds. The molecule has 25 heavy (non-hydrogen) atoms. The van der Waals surface area contributed by atoms with Crippen LogP contribution in [0.25, 0.3) is 11.1 Å². The van der Waals surface area contributed by atoms with Crippen molar-refractivity contribution in [3.05, 3.63) is 63.1 Å². The van der Waals surface area contributed by atoms with Gasteiger partial charge in [-0.2, -0.15) is 0 Å². The summed E-state index contributed by atoms with van der Waals surface area (Å²) in [5.41, 5.74) is 4.29. The molecule has 3 nitrogen and oxygen atoms in total. The molecule has 0 spiro atoms.